The molecule has 1 aromatic carbocycles. The number of anilines is 1. The minimum absolute atomic E-state index is 0.128. The molecule has 0 radical (unpaired) electrons. The highest BCUT2D eigenvalue weighted by atomic mass is 35.5. The molecule has 102 valence electrons. The normalized spacial score (nSPS) is 11.4. The summed E-state index contributed by atoms with van der Waals surface area (Å²) < 4.78 is 10.9. The van der Waals surface area contributed by atoms with Gasteiger partial charge >= 0.3 is 0 Å². The van der Waals surface area contributed by atoms with E-state index in [9.17, 15) is 0 Å². The number of hydrogen-bond acceptors (Lipinski definition) is 3. The molecule has 0 fully saturated rings. The summed E-state index contributed by atoms with van der Waals surface area (Å²) in [7, 11) is 1.73. The minimum Gasteiger partial charge on any atom is -0.492 e. The van der Waals surface area contributed by atoms with Crippen LogP contribution in [0.2, 0.25) is 5.02 Å². The molecule has 0 aliphatic heterocycles. The Bertz CT molecular complexity index is 380. The largest absolute Gasteiger partial charge is 0.492 e. The lowest BCUT2D eigenvalue weighted by Gasteiger charge is -2.23. The highest BCUT2D eigenvalue weighted by molar-refractivity contribution is 6.30. The van der Waals surface area contributed by atoms with E-state index in [2.05, 4.69) is 19.2 Å². The van der Waals surface area contributed by atoms with Crippen molar-refractivity contribution in [2.45, 2.75) is 32.8 Å². The summed E-state index contributed by atoms with van der Waals surface area (Å²) in [4.78, 5) is 0. The first-order chi connectivity index (χ1) is 8.48. The molecule has 4 heteroatoms. The van der Waals surface area contributed by atoms with E-state index in [0.29, 0.717) is 11.6 Å². The van der Waals surface area contributed by atoms with E-state index in [1.807, 2.05) is 25.1 Å². The van der Waals surface area contributed by atoms with Crippen LogP contribution >= 0.6 is 11.6 Å². The summed E-state index contributed by atoms with van der Waals surface area (Å²) in [6, 6.07) is 5.60. The zero-order chi connectivity index (χ0) is 13.6. The van der Waals surface area contributed by atoms with Crippen LogP contribution in [-0.2, 0) is 4.74 Å². The highest BCUT2D eigenvalue weighted by Crippen LogP contribution is 2.28. The average molecular weight is 272 g/mol. The van der Waals surface area contributed by atoms with Gasteiger partial charge in [-0.1, -0.05) is 11.6 Å². The van der Waals surface area contributed by atoms with Crippen LogP contribution in [0.1, 0.15) is 27.2 Å². The number of ether oxygens (including phenoxy) is 2. The van der Waals surface area contributed by atoms with Crippen LogP contribution in [0.3, 0.4) is 0 Å². The van der Waals surface area contributed by atoms with Crippen molar-refractivity contribution in [1.29, 1.82) is 0 Å². The first-order valence-corrected chi connectivity index (χ1v) is 6.57. The Kier molecular flexibility index (Phi) is 5.76. The molecule has 18 heavy (non-hydrogen) atoms. The third kappa shape index (κ3) is 4.75. The number of benzene rings is 1. The standard InChI is InChI=1S/C14H22ClNO2/c1-5-18-13-7-6-11(15)10-12(13)16-9-8-14(2,3)17-4/h6-7,10,16H,5,8-9H2,1-4H3. The van der Waals surface area contributed by atoms with Crippen molar-refractivity contribution < 1.29 is 9.47 Å². The molecule has 0 amide bonds. The number of rotatable bonds is 7. The maximum absolute atomic E-state index is 5.99. The molecule has 1 aromatic rings. The Balaban J connectivity index is 2.62. The predicted octanol–water partition coefficient (Wildman–Crippen LogP) is 3.97. The third-order valence-corrected chi connectivity index (χ3v) is 3.07. The molecule has 0 aliphatic rings. The van der Waals surface area contributed by atoms with E-state index in [4.69, 9.17) is 21.1 Å². The Morgan fingerprint density at radius 3 is 2.67 bits per heavy atom. The van der Waals surface area contributed by atoms with Gasteiger partial charge in [-0.25, -0.2) is 0 Å². The fourth-order valence-corrected chi connectivity index (χ4v) is 1.69. The van der Waals surface area contributed by atoms with E-state index in [-0.39, 0.29) is 5.60 Å². The molecule has 0 unspecified atom stereocenters. The first kappa shape index (κ1) is 15.1. The maximum atomic E-state index is 5.99. The van der Waals surface area contributed by atoms with Gasteiger partial charge in [0.15, 0.2) is 0 Å². The molecule has 0 heterocycles. The zero-order valence-electron chi connectivity index (χ0n) is 11.5. The molecule has 0 saturated carbocycles. The van der Waals surface area contributed by atoms with Crippen LogP contribution < -0.4 is 10.1 Å². The van der Waals surface area contributed by atoms with Gasteiger partial charge in [0.1, 0.15) is 5.75 Å². The van der Waals surface area contributed by atoms with Crippen LogP contribution in [0.5, 0.6) is 5.75 Å². The van der Waals surface area contributed by atoms with Gasteiger partial charge in [0, 0.05) is 18.7 Å². The van der Waals surface area contributed by atoms with E-state index >= 15 is 0 Å². The van der Waals surface area contributed by atoms with E-state index in [1.165, 1.54) is 0 Å². The van der Waals surface area contributed by atoms with Gasteiger partial charge in [-0.05, 0) is 45.4 Å². The van der Waals surface area contributed by atoms with Crippen LogP contribution in [0.4, 0.5) is 5.69 Å². The Morgan fingerprint density at radius 1 is 1.33 bits per heavy atom. The number of methoxy groups -OCH3 is 1. The minimum atomic E-state index is -0.128. The van der Waals surface area contributed by atoms with Crippen molar-refractivity contribution >= 4 is 17.3 Å². The SMILES string of the molecule is CCOc1ccc(Cl)cc1NCCC(C)(C)OC. The molecule has 0 aliphatic carbocycles. The van der Waals surface area contributed by atoms with E-state index in [0.717, 1.165) is 24.4 Å². The van der Waals surface area contributed by atoms with Crippen LogP contribution in [0, 0.1) is 0 Å². The lowest BCUT2D eigenvalue weighted by atomic mass is 10.1. The molecule has 0 spiro atoms. The second-order valence-corrected chi connectivity index (χ2v) is 5.15. The topological polar surface area (TPSA) is 30.5 Å². The smallest absolute Gasteiger partial charge is 0.142 e. The van der Waals surface area contributed by atoms with Gasteiger partial charge in [-0.15, -0.1) is 0 Å². The fourth-order valence-electron chi connectivity index (χ4n) is 1.52. The van der Waals surface area contributed by atoms with Gasteiger partial charge in [0.25, 0.3) is 0 Å². The Hall–Kier alpha value is -0.930. The van der Waals surface area contributed by atoms with Crippen molar-refractivity contribution in [3.05, 3.63) is 23.2 Å². The molecule has 1 N–H and O–H groups in total. The third-order valence-electron chi connectivity index (χ3n) is 2.84. The molecule has 3 nitrogen and oxygen atoms in total. The lowest BCUT2D eigenvalue weighted by molar-refractivity contribution is 0.0185. The Labute approximate surface area is 114 Å². The van der Waals surface area contributed by atoms with Gasteiger partial charge in [-0.3, -0.25) is 0 Å². The van der Waals surface area contributed by atoms with Gasteiger partial charge < -0.3 is 14.8 Å². The monoisotopic (exact) mass is 271 g/mol. The molecule has 1 rings (SSSR count). The number of nitrogens with one attached hydrogen (secondary N) is 1. The fraction of sp³-hybridized carbons (Fsp3) is 0.571. The summed E-state index contributed by atoms with van der Waals surface area (Å²) in [5.74, 6) is 0.831. The summed E-state index contributed by atoms with van der Waals surface area (Å²) >= 11 is 5.99. The second-order valence-electron chi connectivity index (χ2n) is 4.71. The lowest BCUT2D eigenvalue weighted by Crippen LogP contribution is -2.25. The predicted molar refractivity (Wildman–Crippen MR) is 76.8 cm³/mol. The first-order valence-electron chi connectivity index (χ1n) is 6.20. The van der Waals surface area contributed by atoms with Crippen molar-refractivity contribution in [2.75, 3.05) is 25.6 Å². The molecular formula is C14H22ClNO2. The van der Waals surface area contributed by atoms with E-state index < -0.39 is 0 Å². The van der Waals surface area contributed by atoms with Crippen LogP contribution in [-0.4, -0.2) is 25.9 Å². The van der Waals surface area contributed by atoms with Crippen molar-refractivity contribution in [3.8, 4) is 5.75 Å². The quantitative estimate of drug-likeness (QED) is 0.814. The maximum Gasteiger partial charge on any atom is 0.142 e. The molecular weight excluding hydrogens is 250 g/mol. The van der Waals surface area contributed by atoms with Crippen molar-refractivity contribution in [2.24, 2.45) is 0 Å². The number of halogens is 1. The van der Waals surface area contributed by atoms with Crippen LogP contribution in [0.15, 0.2) is 18.2 Å². The zero-order valence-corrected chi connectivity index (χ0v) is 12.3. The van der Waals surface area contributed by atoms with E-state index in [1.54, 1.807) is 7.11 Å². The summed E-state index contributed by atoms with van der Waals surface area (Å²) in [5.41, 5.74) is 0.799. The highest BCUT2D eigenvalue weighted by Gasteiger charge is 2.15. The summed E-state index contributed by atoms with van der Waals surface area (Å²) in [5, 5.41) is 4.04. The van der Waals surface area contributed by atoms with Gasteiger partial charge in [0.2, 0.25) is 0 Å². The van der Waals surface area contributed by atoms with Crippen molar-refractivity contribution in [1.82, 2.24) is 0 Å². The second kappa shape index (κ2) is 6.86. The van der Waals surface area contributed by atoms with Gasteiger partial charge in [-0.2, -0.15) is 0 Å². The summed E-state index contributed by atoms with van der Waals surface area (Å²) in [6.45, 7) is 7.54. The molecule has 0 bridgehead atoms. The van der Waals surface area contributed by atoms with Crippen LogP contribution in [0.25, 0.3) is 0 Å². The summed E-state index contributed by atoms with van der Waals surface area (Å²) in [6.07, 6.45) is 0.904. The molecule has 0 aromatic heterocycles. The number of hydrogen-bond donors (Lipinski definition) is 1. The van der Waals surface area contributed by atoms with Crippen molar-refractivity contribution in [3.63, 3.8) is 0 Å². The average Bonchev–Trinajstić information content (AvgIpc) is 2.32. The molecule has 0 saturated heterocycles. The Morgan fingerprint density at radius 2 is 2.06 bits per heavy atom. The molecule has 0 atom stereocenters. The van der Waals surface area contributed by atoms with Gasteiger partial charge in [0.05, 0.1) is 17.9 Å².